The second-order valence-corrected chi connectivity index (χ2v) is 12.1. The maximum absolute atomic E-state index is 2.54. The van der Waals surface area contributed by atoms with E-state index in [4.69, 9.17) is 0 Å². The van der Waals surface area contributed by atoms with E-state index >= 15 is 0 Å². The lowest BCUT2D eigenvalue weighted by atomic mass is 9.33. The molecule has 0 aliphatic carbocycles. The normalized spacial score (nSPS) is 12.8. The van der Waals surface area contributed by atoms with Gasteiger partial charge in [-0.15, -0.1) is 0 Å². The number of fused-ring (bicyclic) bond motifs is 7. The van der Waals surface area contributed by atoms with Crippen molar-refractivity contribution in [3.8, 4) is 27.9 Å². The van der Waals surface area contributed by atoms with Gasteiger partial charge in [0.2, 0.25) is 0 Å². The van der Waals surface area contributed by atoms with Crippen molar-refractivity contribution in [3.05, 3.63) is 164 Å². The predicted molar refractivity (Wildman–Crippen MR) is 191 cm³/mol. The number of rotatable bonds is 3. The molecular weight excluding hydrogens is 543 g/mol. The molecule has 0 saturated heterocycles. The number of anilines is 3. The van der Waals surface area contributed by atoms with Crippen molar-refractivity contribution in [2.24, 2.45) is 0 Å². The van der Waals surface area contributed by atoms with Crippen molar-refractivity contribution in [2.75, 3.05) is 4.90 Å². The molecule has 2 nitrogen and oxygen atoms in total. The van der Waals surface area contributed by atoms with Gasteiger partial charge < -0.3 is 9.47 Å². The first-order valence-corrected chi connectivity index (χ1v) is 15.7. The molecule has 0 spiro atoms. The number of hydrogen-bond donors (Lipinski definition) is 0. The topological polar surface area (TPSA) is 8.17 Å². The molecule has 10 rings (SSSR count). The first-order valence-electron chi connectivity index (χ1n) is 15.7. The van der Waals surface area contributed by atoms with Crippen LogP contribution in [0.5, 0.6) is 0 Å². The largest absolute Gasteiger partial charge is 0.311 e. The van der Waals surface area contributed by atoms with Gasteiger partial charge in [0, 0.05) is 39.0 Å². The monoisotopic (exact) mass is 570 g/mol. The van der Waals surface area contributed by atoms with E-state index in [0.717, 1.165) is 0 Å². The van der Waals surface area contributed by atoms with E-state index in [-0.39, 0.29) is 6.71 Å². The Kier molecular flexibility index (Phi) is 5.12. The Bertz CT molecular complexity index is 2430. The summed E-state index contributed by atoms with van der Waals surface area (Å²) in [6, 6.07) is 60.1. The van der Waals surface area contributed by atoms with E-state index in [1.807, 2.05) is 0 Å². The van der Waals surface area contributed by atoms with Crippen molar-refractivity contribution < 1.29 is 0 Å². The SMILES string of the molecule is c1ccc(-c2ccc3c(c2)c2cc(-c4ccccc4)cc4c2n3-c2cccc3c2B4c2ccccc2N3c2ccccc2)cc1. The van der Waals surface area contributed by atoms with Crippen LogP contribution >= 0.6 is 0 Å². The molecule has 2 aliphatic rings. The minimum atomic E-state index is 0.115. The zero-order valence-corrected chi connectivity index (χ0v) is 24.6. The van der Waals surface area contributed by atoms with Gasteiger partial charge in [0.25, 0.3) is 6.71 Å². The summed E-state index contributed by atoms with van der Waals surface area (Å²) in [6.07, 6.45) is 0. The average molecular weight is 571 g/mol. The van der Waals surface area contributed by atoms with Gasteiger partial charge >= 0.3 is 0 Å². The van der Waals surface area contributed by atoms with E-state index in [1.165, 1.54) is 83.2 Å². The Morgan fingerprint density at radius 1 is 0.400 bits per heavy atom. The van der Waals surface area contributed by atoms with Crippen LogP contribution in [0.25, 0.3) is 49.7 Å². The molecule has 0 atom stereocenters. The zero-order valence-electron chi connectivity index (χ0n) is 24.6. The molecule has 0 unspecified atom stereocenters. The van der Waals surface area contributed by atoms with Gasteiger partial charge in [0.1, 0.15) is 0 Å². The molecule has 0 N–H and O–H groups in total. The van der Waals surface area contributed by atoms with Gasteiger partial charge in [-0.3, -0.25) is 0 Å². The molecule has 7 aromatic carbocycles. The molecule has 0 fully saturated rings. The first kappa shape index (κ1) is 24.6. The number of para-hydroxylation sites is 2. The Morgan fingerprint density at radius 3 is 1.80 bits per heavy atom. The van der Waals surface area contributed by atoms with Crippen molar-refractivity contribution in [3.63, 3.8) is 0 Å². The van der Waals surface area contributed by atoms with Gasteiger partial charge in [0.05, 0.1) is 5.52 Å². The second-order valence-electron chi connectivity index (χ2n) is 12.1. The highest BCUT2D eigenvalue weighted by molar-refractivity contribution is 7.00. The fourth-order valence-electron chi connectivity index (χ4n) is 7.88. The highest BCUT2D eigenvalue weighted by atomic mass is 15.2. The number of aromatic nitrogens is 1. The van der Waals surface area contributed by atoms with E-state index in [9.17, 15) is 0 Å². The lowest BCUT2D eigenvalue weighted by Crippen LogP contribution is -2.60. The average Bonchev–Trinajstić information content (AvgIpc) is 3.45. The first-order chi connectivity index (χ1) is 22.3. The van der Waals surface area contributed by atoms with Gasteiger partial charge in [-0.25, -0.2) is 0 Å². The molecule has 3 heteroatoms. The van der Waals surface area contributed by atoms with Crippen LogP contribution in [0.2, 0.25) is 0 Å². The van der Waals surface area contributed by atoms with Crippen LogP contribution in [0.3, 0.4) is 0 Å². The van der Waals surface area contributed by atoms with Crippen molar-refractivity contribution in [1.82, 2.24) is 4.57 Å². The molecule has 208 valence electrons. The van der Waals surface area contributed by atoms with E-state index in [2.05, 4.69) is 173 Å². The smallest absolute Gasteiger partial charge is 0.252 e. The van der Waals surface area contributed by atoms with Crippen LogP contribution in [0.1, 0.15) is 0 Å². The van der Waals surface area contributed by atoms with E-state index < -0.39 is 0 Å². The molecule has 45 heavy (non-hydrogen) atoms. The third-order valence-electron chi connectivity index (χ3n) is 9.75. The molecular formula is C42H27BN2. The molecule has 0 saturated carbocycles. The minimum absolute atomic E-state index is 0.115. The Balaban J connectivity index is 1.36. The second kappa shape index (κ2) is 9.35. The van der Waals surface area contributed by atoms with Crippen LogP contribution in [-0.2, 0) is 0 Å². The summed E-state index contributed by atoms with van der Waals surface area (Å²) in [5, 5.41) is 2.59. The van der Waals surface area contributed by atoms with Crippen LogP contribution in [0.4, 0.5) is 17.1 Å². The van der Waals surface area contributed by atoms with Crippen molar-refractivity contribution in [2.45, 2.75) is 0 Å². The van der Waals surface area contributed by atoms with Crippen LogP contribution in [-0.4, -0.2) is 11.3 Å². The lowest BCUT2D eigenvalue weighted by Gasteiger charge is -2.40. The van der Waals surface area contributed by atoms with Gasteiger partial charge in [-0.2, -0.15) is 0 Å². The standard InChI is InChI=1S/C42H27BN2/c1-4-13-28(14-5-1)30-23-24-37-33(25-30)34-26-31(29-15-6-2-7-16-29)27-36-42(34)45(37)40-22-12-21-39-41(40)43(36)35-19-10-11-20-38(35)44(39)32-17-8-3-9-18-32/h1-27H. The molecule has 0 radical (unpaired) electrons. The minimum Gasteiger partial charge on any atom is -0.311 e. The molecule has 3 heterocycles. The summed E-state index contributed by atoms with van der Waals surface area (Å²) in [6.45, 7) is 0.115. The van der Waals surface area contributed by atoms with Crippen LogP contribution in [0, 0.1) is 0 Å². The quantitative estimate of drug-likeness (QED) is 0.193. The maximum atomic E-state index is 2.54. The lowest BCUT2D eigenvalue weighted by molar-refractivity contribution is 1.18. The summed E-state index contributed by atoms with van der Waals surface area (Å²) in [4.78, 5) is 2.45. The molecule has 1 aromatic heterocycles. The van der Waals surface area contributed by atoms with Crippen LogP contribution in [0.15, 0.2) is 164 Å². The van der Waals surface area contributed by atoms with E-state index in [1.54, 1.807) is 0 Å². The summed E-state index contributed by atoms with van der Waals surface area (Å²) >= 11 is 0. The molecule has 2 aliphatic heterocycles. The summed E-state index contributed by atoms with van der Waals surface area (Å²) in [5.74, 6) is 0. The Hall–Kier alpha value is -5.80. The predicted octanol–water partition coefficient (Wildman–Crippen LogP) is 8.73. The number of nitrogens with zero attached hydrogens (tertiary/aromatic N) is 2. The van der Waals surface area contributed by atoms with Crippen molar-refractivity contribution >= 4 is 62.0 Å². The highest BCUT2D eigenvalue weighted by Crippen LogP contribution is 2.42. The third-order valence-corrected chi connectivity index (χ3v) is 9.75. The van der Waals surface area contributed by atoms with Crippen LogP contribution < -0.4 is 21.3 Å². The molecule has 0 bridgehead atoms. The Morgan fingerprint density at radius 2 is 1.02 bits per heavy atom. The summed E-state index contributed by atoms with van der Waals surface area (Å²) in [7, 11) is 0. The van der Waals surface area contributed by atoms with Gasteiger partial charge in [0.15, 0.2) is 0 Å². The number of hydrogen-bond acceptors (Lipinski definition) is 1. The van der Waals surface area contributed by atoms with Gasteiger partial charge in [-0.05, 0) is 87.2 Å². The zero-order chi connectivity index (χ0) is 29.5. The van der Waals surface area contributed by atoms with Crippen molar-refractivity contribution in [1.29, 1.82) is 0 Å². The third kappa shape index (κ3) is 3.47. The summed E-state index contributed by atoms with van der Waals surface area (Å²) in [5.41, 5.74) is 16.5. The fourth-order valence-corrected chi connectivity index (χ4v) is 7.88. The Labute approximate surface area is 262 Å². The maximum Gasteiger partial charge on any atom is 0.252 e. The fraction of sp³-hybridized carbons (Fsp3) is 0. The number of benzene rings is 7. The summed E-state index contributed by atoms with van der Waals surface area (Å²) < 4.78 is 2.54. The molecule has 8 aromatic rings. The highest BCUT2D eigenvalue weighted by Gasteiger charge is 2.41. The van der Waals surface area contributed by atoms with E-state index in [0.29, 0.717) is 0 Å². The van der Waals surface area contributed by atoms with Gasteiger partial charge in [-0.1, -0.05) is 115 Å². The molecule has 0 amide bonds.